The lowest BCUT2D eigenvalue weighted by Crippen LogP contribution is -2.14. The molecule has 1 aromatic heterocycles. The van der Waals surface area contributed by atoms with E-state index in [9.17, 15) is 9.59 Å². The number of anilines is 3. The molecule has 0 aliphatic carbocycles. The van der Waals surface area contributed by atoms with E-state index in [0.717, 1.165) is 5.69 Å². The Labute approximate surface area is 162 Å². The van der Waals surface area contributed by atoms with Crippen LogP contribution in [0.3, 0.4) is 0 Å². The van der Waals surface area contributed by atoms with Crippen molar-refractivity contribution in [2.45, 2.75) is 0 Å². The van der Waals surface area contributed by atoms with E-state index in [1.54, 1.807) is 49.7 Å². The quantitative estimate of drug-likeness (QED) is 0.634. The Bertz CT molecular complexity index is 987. The van der Waals surface area contributed by atoms with Crippen molar-refractivity contribution in [3.05, 3.63) is 78.1 Å². The third-order valence-corrected chi connectivity index (χ3v) is 3.94. The maximum atomic E-state index is 12.5. The highest BCUT2D eigenvalue weighted by atomic mass is 16.5. The van der Waals surface area contributed by atoms with Crippen LogP contribution in [-0.4, -0.2) is 31.1 Å². The van der Waals surface area contributed by atoms with Crippen LogP contribution in [0.5, 0.6) is 5.75 Å². The zero-order chi connectivity index (χ0) is 19.9. The standard InChI is InChI=1S/C21H19N3O4/c1-27-19-6-4-3-5-17(19)23-16-11-12-22-18(13-16)20(25)24-15-9-7-14(8-10-15)21(26)28-2/h3-13H,1-2H3,(H,22,23)(H,24,25). The van der Waals surface area contributed by atoms with Gasteiger partial charge in [0.25, 0.3) is 5.91 Å². The Kier molecular flexibility index (Phi) is 5.86. The molecule has 0 atom stereocenters. The SMILES string of the molecule is COC(=O)c1ccc(NC(=O)c2cc(Nc3ccccc3OC)ccn2)cc1. The van der Waals surface area contributed by atoms with Gasteiger partial charge in [0.1, 0.15) is 11.4 Å². The number of benzene rings is 2. The summed E-state index contributed by atoms with van der Waals surface area (Å²) < 4.78 is 9.97. The molecule has 0 aliphatic rings. The highest BCUT2D eigenvalue weighted by molar-refractivity contribution is 6.03. The summed E-state index contributed by atoms with van der Waals surface area (Å²) in [4.78, 5) is 28.1. The number of nitrogens with zero attached hydrogens (tertiary/aromatic N) is 1. The molecule has 0 spiro atoms. The van der Waals surface area contributed by atoms with Crippen LogP contribution in [0.15, 0.2) is 66.9 Å². The molecule has 0 radical (unpaired) electrons. The van der Waals surface area contributed by atoms with Crippen molar-refractivity contribution >= 4 is 28.9 Å². The van der Waals surface area contributed by atoms with E-state index < -0.39 is 5.97 Å². The first kappa shape index (κ1) is 18.9. The number of aromatic nitrogens is 1. The molecule has 7 nitrogen and oxygen atoms in total. The summed E-state index contributed by atoms with van der Waals surface area (Å²) in [6.07, 6.45) is 1.55. The fourth-order valence-electron chi connectivity index (χ4n) is 2.54. The number of hydrogen-bond donors (Lipinski definition) is 2. The highest BCUT2D eigenvalue weighted by Crippen LogP contribution is 2.27. The Morgan fingerprint density at radius 2 is 1.68 bits per heavy atom. The first-order chi connectivity index (χ1) is 13.6. The highest BCUT2D eigenvalue weighted by Gasteiger charge is 2.11. The molecule has 1 heterocycles. The zero-order valence-electron chi connectivity index (χ0n) is 15.4. The van der Waals surface area contributed by atoms with Gasteiger partial charge in [0.15, 0.2) is 0 Å². The zero-order valence-corrected chi connectivity index (χ0v) is 15.4. The number of rotatable bonds is 6. The van der Waals surface area contributed by atoms with Gasteiger partial charge in [0.05, 0.1) is 25.5 Å². The molecule has 0 aliphatic heterocycles. The summed E-state index contributed by atoms with van der Waals surface area (Å²) >= 11 is 0. The number of para-hydroxylation sites is 2. The number of methoxy groups -OCH3 is 2. The first-order valence-electron chi connectivity index (χ1n) is 8.46. The van der Waals surface area contributed by atoms with E-state index >= 15 is 0 Å². The molecule has 0 bridgehead atoms. The minimum absolute atomic E-state index is 0.247. The number of carbonyl (C=O) groups is 2. The van der Waals surface area contributed by atoms with E-state index in [-0.39, 0.29) is 11.6 Å². The Morgan fingerprint density at radius 3 is 2.39 bits per heavy atom. The van der Waals surface area contributed by atoms with Crippen molar-refractivity contribution in [1.82, 2.24) is 4.98 Å². The van der Waals surface area contributed by atoms with Gasteiger partial charge in [-0.05, 0) is 48.5 Å². The second-order valence-electron chi connectivity index (χ2n) is 5.78. The lowest BCUT2D eigenvalue weighted by atomic mass is 10.2. The van der Waals surface area contributed by atoms with Crippen molar-refractivity contribution in [1.29, 1.82) is 0 Å². The molecule has 28 heavy (non-hydrogen) atoms. The second-order valence-corrected chi connectivity index (χ2v) is 5.78. The van der Waals surface area contributed by atoms with Crippen molar-refractivity contribution in [2.75, 3.05) is 24.9 Å². The lowest BCUT2D eigenvalue weighted by Gasteiger charge is -2.11. The summed E-state index contributed by atoms with van der Waals surface area (Å²) in [5.74, 6) is -0.111. The fourth-order valence-corrected chi connectivity index (χ4v) is 2.54. The van der Waals surface area contributed by atoms with Gasteiger partial charge in [-0.1, -0.05) is 12.1 Å². The maximum absolute atomic E-state index is 12.5. The fraction of sp³-hybridized carbons (Fsp3) is 0.0952. The molecule has 0 unspecified atom stereocenters. The smallest absolute Gasteiger partial charge is 0.337 e. The predicted molar refractivity (Wildman–Crippen MR) is 106 cm³/mol. The summed E-state index contributed by atoms with van der Waals surface area (Å²) in [5, 5.41) is 5.96. The van der Waals surface area contributed by atoms with Crippen LogP contribution < -0.4 is 15.4 Å². The molecular weight excluding hydrogens is 358 g/mol. The average molecular weight is 377 g/mol. The minimum atomic E-state index is -0.436. The molecule has 0 saturated carbocycles. The normalized spacial score (nSPS) is 10.1. The van der Waals surface area contributed by atoms with Gasteiger partial charge in [-0.2, -0.15) is 0 Å². The topological polar surface area (TPSA) is 89.5 Å². The van der Waals surface area contributed by atoms with Gasteiger partial charge in [0.2, 0.25) is 0 Å². The second kappa shape index (κ2) is 8.68. The van der Waals surface area contributed by atoms with Crippen LogP contribution in [0.4, 0.5) is 17.1 Å². The van der Waals surface area contributed by atoms with Crippen molar-refractivity contribution in [2.24, 2.45) is 0 Å². The van der Waals surface area contributed by atoms with Gasteiger partial charge in [-0.25, -0.2) is 4.79 Å². The van der Waals surface area contributed by atoms with E-state index in [0.29, 0.717) is 22.7 Å². The van der Waals surface area contributed by atoms with E-state index in [1.165, 1.54) is 7.11 Å². The van der Waals surface area contributed by atoms with Gasteiger partial charge in [-0.15, -0.1) is 0 Å². The molecule has 142 valence electrons. The minimum Gasteiger partial charge on any atom is -0.495 e. The summed E-state index contributed by atoms with van der Waals surface area (Å²) in [6.45, 7) is 0. The molecule has 0 fully saturated rings. The van der Waals surface area contributed by atoms with Crippen molar-refractivity contribution in [3.63, 3.8) is 0 Å². The molecule has 0 saturated heterocycles. The van der Waals surface area contributed by atoms with Crippen LogP contribution in [0.25, 0.3) is 0 Å². The first-order valence-corrected chi connectivity index (χ1v) is 8.46. The molecule has 7 heteroatoms. The van der Waals surface area contributed by atoms with E-state index in [2.05, 4.69) is 20.4 Å². The Balaban J connectivity index is 1.72. The van der Waals surface area contributed by atoms with E-state index in [4.69, 9.17) is 4.74 Å². The molecular formula is C21H19N3O4. The molecule has 1 amide bonds. The van der Waals surface area contributed by atoms with Gasteiger partial charge in [-0.3, -0.25) is 9.78 Å². The van der Waals surface area contributed by atoms with Gasteiger partial charge in [0, 0.05) is 17.6 Å². The third kappa shape index (κ3) is 4.45. The number of esters is 1. The number of ether oxygens (including phenoxy) is 2. The average Bonchev–Trinajstić information content (AvgIpc) is 2.74. The molecule has 2 N–H and O–H groups in total. The third-order valence-electron chi connectivity index (χ3n) is 3.94. The summed E-state index contributed by atoms with van der Waals surface area (Å²) in [5.41, 5.74) is 2.67. The van der Waals surface area contributed by atoms with Crippen LogP contribution in [0.1, 0.15) is 20.8 Å². The molecule has 3 rings (SSSR count). The summed E-state index contributed by atoms with van der Waals surface area (Å²) in [7, 11) is 2.91. The number of carbonyl (C=O) groups excluding carboxylic acids is 2. The van der Waals surface area contributed by atoms with Crippen LogP contribution in [0, 0.1) is 0 Å². The van der Waals surface area contributed by atoms with Crippen molar-refractivity contribution < 1.29 is 19.1 Å². The predicted octanol–water partition coefficient (Wildman–Crippen LogP) is 3.87. The number of nitrogens with one attached hydrogen (secondary N) is 2. The number of hydrogen-bond acceptors (Lipinski definition) is 6. The van der Waals surface area contributed by atoms with Gasteiger partial charge >= 0.3 is 5.97 Å². The van der Waals surface area contributed by atoms with Crippen LogP contribution in [-0.2, 0) is 4.74 Å². The largest absolute Gasteiger partial charge is 0.495 e. The number of amides is 1. The number of pyridine rings is 1. The summed E-state index contributed by atoms with van der Waals surface area (Å²) in [6, 6.07) is 17.3. The van der Waals surface area contributed by atoms with Crippen molar-refractivity contribution in [3.8, 4) is 5.75 Å². The molecule has 3 aromatic rings. The Morgan fingerprint density at radius 1 is 0.929 bits per heavy atom. The van der Waals surface area contributed by atoms with Gasteiger partial charge < -0.3 is 20.1 Å². The molecule has 2 aromatic carbocycles. The maximum Gasteiger partial charge on any atom is 0.337 e. The lowest BCUT2D eigenvalue weighted by molar-refractivity contribution is 0.0600. The van der Waals surface area contributed by atoms with E-state index in [1.807, 2.05) is 24.3 Å². The Hall–Kier alpha value is -3.87. The van der Waals surface area contributed by atoms with Crippen LogP contribution >= 0.6 is 0 Å². The monoisotopic (exact) mass is 377 g/mol. The van der Waals surface area contributed by atoms with Crippen LogP contribution in [0.2, 0.25) is 0 Å².